The van der Waals surface area contributed by atoms with Crippen LogP contribution in [0, 0.1) is 24.0 Å². The summed E-state index contributed by atoms with van der Waals surface area (Å²) in [5.74, 6) is -0.161. The van der Waals surface area contributed by atoms with Crippen LogP contribution in [0.3, 0.4) is 0 Å². The van der Waals surface area contributed by atoms with Gasteiger partial charge in [-0.05, 0) is 37.1 Å². The number of nitro benzene ring substituents is 1. The highest BCUT2D eigenvalue weighted by atomic mass is 32.1. The van der Waals surface area contributed by atoms with Gasteiger partial charge in [-0.25, -0.2) is 0 Å². The number of nitrogens with one attached hydrogen (secondary N) is 1. The summed E-state index contributed by atoms with van der Waals surface area (Å²) < 4.78 is 1.67. The summed E-state index contributed by atoms with van der Waals surface area (Å²) in [6, 6.07) is 17.1. The number of nitro groups is 1. The molecule has 6 nitrogen and oxygen atoms in total. The molecule has 146 valence electrons. The van der Waals surface area contributed by atoms with Crippen LogP contribution in [0.25, 0.3) is 11.5 Å². The molecule has 7 heteroatoms. The molecule has 3 aromatic rings. The van der Waals surface area contributed by atoms with Gasteiger partial charge in [-0.1, -0.05) is 36.5 Å². The second-order valence-electron chi connectivity index (χ2n) is 6.54. The molecule has 0 unspecified atom stereocenters. The molecule has 0 atom stereocenters. The summed E-state index contributed by atoms with van der Waals surface area (Å²) in [4.78, 5) is 10.9. The molecule has 1 heterocycles. The van der Waals surface area contributed by atoms with Crippen molar-refractivity contribution in [2.45, 2.75) is 13.8 Å². The fraction of sp³-hybridized carbons (Fsp3) is 0.0909. The van der Waals surface area contributed by atoms with E-state index in [0.717, 1.165) is 16.8 Å². The molecule has 0 amide bonds. The monoisotopic (exact) mass is 406 g/mol. The van der Waals surface area contributed by atoms with Crippen LogP contribution in [0.2, 0.25) is 0 Å². The van der Waals surface area contributed by atoms with Crippen molar-refractivity contribution in [2.24, 2.45) is 0 Å². The zero-order valence-corrected chi connectivity index (χ0v) is 16.8. The van der Waals surface area contributed by atoms with Crippen molar-refractivity contribution >= 4 is 40.0 Å². The maximum atomic E-state index is 11.1. The molecular weight excluding hydrogens is 386 g/mol. The number of pyridine rings is 1. The first-order valence-electron chi connectivity index (χ1n) is 8.90. The molecule has 29 heavy (non-hydrogen) atoms. The number of anilines is 1. The Morgan fingerprint density at radius 2 is 1.76 bits per heavy atom. The molecule has 3 rings (SSSR count). The van der Waals surface area contributed by atoms with Crippen LogP contribution in [-0.4, -0.2) is 15.0 Å². The van der Waals surface area contributed by atoms with E-state index in [1.165, 1.54) is 18.2 Å². The average molecular weight is 406 g/mol. The van der Waals surface area contributed by atoms with Gasteiger partial charge in [-0.15, -0.1) is 0 Å². The number of hydrogen-bond acceptors (Lipinski definition) is 4. The number of benzene rings is 2. The van der Waals surface area contributed by atoms with Gasteiger partial charge in [0.15, 0.2) is 23.1 Å². The summed E-state index contributed by atoms with van der Waals surface area (Å²) in [6.45, 7) is 4.03. The first-order chi connectivity index (χ1) is 13.9. The SMILES string of the molecule is Cc1ccc(NC(=S)/C(=C(\O)c2cccc([N+](=O)[O-])c2)[n+]2ccccc2)cc1C. The van der Waals surface area contributed by atoms with E-state index in [1.807, 2.05) is 38.1 Å². The number of hydrogen-bond donors (Lipinski definition) is 2. The second kappa shape index (κ2) is 8.62. The molecule has 0 fully saturated rings. The van der Waals surface area contributed by atoms with Crippen LogP contribution >= 0.6 is 12.2 Å². The number of non-ortho nitro benzene ring substituents is 1. The number of thiocarbonyl (C=S) groups is 1. The Hall–Kier alpha value is -3.58. The lowest BCUT2D eigenvalue weighted by Gasteiger charge is -2.11. The predicted octanol–water partition coefficient (Wildman–Crippen LogP) is 4.82. The number of aryl methyl sites for hydroxylation is 2. The molecule has 0 saturated heterocycles. The molecule has 0 aliphatic rings. The first-order valence-corrected chi connectivity index (χ1v) is 9.31. The third-order valence-corrected chi connectivity index (χ3v) is 4.80. The Morgan fingerprint density at radius 1 is 1.03 bits per heavy atom. The molecule has 0 radical (unpaired) electrons. The molecule has 2 aromatic carbocycles. The van der Waals surface area contributed by atoms with Crippen LogP contribution in [0.5, 0.6) is 0 Å². The lowest BCUT2D eigenvalue weighted by atomic mass is 10.1. The molecule has 0 bridgehead atoms. The molecular formula is C22H20N3O3S+. The smallest absolute Gasteiger partial charge is 0.288 e. The Morgan fingerprint density at radius 3 is 2.41 bits per heavy atom. The number of aliphatic hydroxyl groups is 1. The highest BCUT2D eigenvalue weighted by Crippen LogP contribution is 2.23. The van der Waals surface area contributed by atoms with E-state index in [1.54, 1.807) is 35.2 Å². The van der Waals surface area contributed by atoms with Crippen LogP contribution in [-0.2, 0) is 0 Å². The van der Waals surface area contributed by atoms with Gasteiger partial charge >= 0.3 is 0 Å². The van der Waals surface area contributed by atoms with Crippen molar-refractivity contribution in [1.82, 2.24) is 0 Å². The van der Waals surface area contributed by atoms with E-state index >= 15 is 0 Å². The van der Waals surface area contributed by atoms with Crippen LogP contribution in [0.15, 0.2) is 73.1 Å². The second-order valence-corrected chi connectivity index (χ2v) is 6.95. The summed E-state index contributed by atoms with van der Waals surface area (Å²) in [5, 5.41) is 25.3. The van der Waals surface area contributed by atoms with Crippen LogP contribution in [0.4, 0.5) is 11.4 Å². The minimum Gasteiger partial charge on any atom is -0.502 e. The Labute approximate surface area is 173 Å². The highest BCUT2D eigenvalue weighted by molar-refractivity contribution is 7.81. The van der Waals surface area contributed by atoms with Gasteiger partial charge in [0, 0.05) is 35.5 Å². The zero-order chi connectivity index (χ0) is 21.0. The lowest BCUT2D eigenvalue weighted by Crippen LogP contribution is -2.38. The molecule has 0 spiro atoms. The third-order valence-electron chi connectivity index (χ3n) is 4.51. The average Bonchev–Trinajstić information content (AvgIpc) is 2.71. The maximum absolute atomic E-state index is 11.1. The van der Waals surface area contributed by atoms with Crippen molar-refractivity contribution in [3.8, 4) is 0 Å². The Kier molecular flexibility index (Phi) is 5.99. The molecule has 0 saturated carbocycles. The largest absolute Gasteiger partial charge is 0.502 e. The molecule has 0 aliphatic heterocycles. The minimum absolute atomic E-state index is 0.112. The van der Waals surface area contributed by atoms with Gasteiger partial charge in [-0.2, -0.15) is 4.57 Å². The Bertz CT molecular complexity index is 1110. The van der Waals surface area contributed by atoms with Gasteiger partial charge in [0.1, 0.15) is 0 Å². The van der Waals surface area contributed by atoms with Crippen LogP contribution < -0.4 is 9.88 Å². The van der Waals surface area contributed by atoms with E-state index in [0.29, 0.717) is 11.3 Å². The van der Waals surface area contributed by atoms with Gasteiger partial charge < -0.3 is 10.4 Å². The summed E-state index contributed by atoms with van der Waals surface area (Å²) in [6.07, 6.45) is 3.49. The lowest BCUT2D eigenvalue weighted by molar-refractivity contribution is -0.575. The van der Waals surface area contributed by atoms with Crippen molar-refractivity contribution in [3.05, 3.63) is 99.9 Å². The van der Waals surface area contributed by atoms with E-state index in [2.05, 4.69) is 5.32 Å². The number of aliphatic hydroxyl groups excluding tert-OH is 1. The fourth-order valence-electron chi connectivity index (χ4n) is 2.81. The van der Waals surface area contributed by atoms with E-state index in [-0.39, 0.29) is 16.4 Å². The number of aromatic nitrogens is 1. The molecule has 0 aliphatic carbocycles. The summed E-state index contributed by atoms with van der Waals surface area (Å²) >= 11 is 5.59. The maximum Gasteiger partial charge on any atom is 0.288 e. The van der Waals surface area contributed by atoms with Gasteiger partial charge in [0.05, 0.1) is 4.92 Å². The topological polar surface area (TPSA) is 79.3 Å². The predicted molar refractivity (Wildman–Crippen MR) is 118 cm³/mol. The van der Waals surface area contributed by atoms with Gasteiger partial charge in [0.2, 0.25) is 0 Å². The van der Waals surface area contributed by atoms with Crippen molar-refractivity contribution in [2.75, 3.05) is 5.32 Å². The van der Waals surface area contributed by atoms with E-state index < -0.39 is 4.92 Å². The number of rotatable bonds is 5. The normalized spacial score (nSPS) is 11.5. The minimum atomic E-state index is -0.502. The fourth-order valence-corrected chi connectivity index (χ4v) is 3.13. The van der Waals surface area contributed by atoms with E-state index in [9.17, 15) is 15.2 Å². The molecule has 1 aromatic heterocycles. The number of nitrogens with zero attached hydrogens (tertiary/aromatic N) is 2. The summed E-state index contributed by atoms with van der Waals surface area (Å²) in [7, 11) is 0. The van der Waals surface area contributed by atoms with Crippen LogP contribution in [0.1, 0.15) is 16.7 Å². The summed E-state index contributed by atoms with van der Waals surface area (Å²) in [5.41, 5.74) is 3.57. The molecule has 2 N–H and O–H groups in total. The van der Waals surface area contributed by atoms with Crippen molar-refractivity contribution in [1.29, 1.82) is 0 Å². The van der Waals surface area contributed by atoms with Crippen molar-refractivity contribution in [3.63, 3.8) is 0 Å². The highest BCUT2D eigenvalue weighted by Gasteiger charge is 2.24. The quantitative estimate of drug-likeness (QED) is 0.159. The van der Waals surface area contributed by atoms with Crippen molar-refractivity contribution < 1.29 is 14.6 Å². The van der Waals surface area contributed by atoms with E-state index in [4.69, 9.17) is 12.2 Å². The van der Waals surface area contributed by atoms with Gasteiger partial charge in [-0.3, -0.25) is 10.1 Å². The standard InChI is InChI=1S/C22H19N3O3S/c1-15-9-10-18(13-16(15)2)23-22(29)20(24-11-4-3-5-12-24)21(26)17-7-6-8-19(14-17)25(27)28/h3-14H,1-2H3,(H-,23,26,29)/p+1. The third kappa shape index (κ3) is 4.64. The van der Waals surface area contributed by atoms with Gasteiger partial charge in [0.25, 0.3) is 11.4 Å². The first kappa shape index (κ1) is 20.2. The Balaban J connectivity index is 2.08. The zero-order valence-electron chi connectivity index (χ0n) is 16.0.